The molecule has 5 rings (SSSR count). The molecule has 3 nitrogen and oxygen atoms in total. The molecule has 0 aliphatic carbocycles. The van der Waals surface area contributed by atoms with Gasteiger partial charge in [0.1, 0.15) is 0 Å². The summed E-state index contributed by atoms with van der Waals surface area (Å²) in [4.78, 5) is 15.0. The molecule has 1 heterocycles. The first-order chi connectivity index (χ1) is 16.1. The molecule has 1 aliphatic rings. The molecule has 1 amide bonds. The summed E-state index contributed by atoms with van der Waals surface area (Å²) in [5, 5.41) is 3.07. The van der Waals surface area contributed by atoms with Crippen LogP contribution in [0.1, 0.15) is 11.6 Å². The van der Waals surface area contributed by atoms with Crippen LogP contribution < -0.4 is 15.9 Å². The van der Waals surface area contributed by atoms with Gasteiger partial charge in [-0.2, -0.15) is 0 Å². The van der Waals surface area contributed by atoms with Crippen molar-refractivity contribution in [3.63, 3.8) is 0 Å². The molecule has 0 spiro atoms. The van der Waals surface area contributed by atoms with E-state index in [1.54, 1.807) is 0 Å². The first-order valence-corrected chi connectivity index (χ1v) is 14.3. The van der Waals surface area contributed by atoms with Crippen molar-refractivity contribution in [1.82, 2.24) is 4.90 Å². The number of cyclic esters (lactones) is 1. The van der Waals surface area contributed by atoms with Gasteiger partial charge >= 0.3 is 199 Å². The molecule has 0 radical (unpaired) electrons. The SMILES string of the molecule is O=C1OC[C@@H](c2ccccc2)N1CP(Cl)(c1ccccc1)(c1ccccc1)c1ccccc1. The standard InChI is InChI=1S/C28H25ClNO2P/c29-33(24-15-7-2-8-16-24,25-17-9-3-10-18-25,26-19-11-4-12-20-26)22-30-27(21-32-28(30)31)23-13-5-1-6-14-23/h1-20,27H,21-22H2/t27-/m0/s1. The van der Waals surface area contributed by atoms with Gasteiger partial charge in [0.25, 0.3) is 0 Å². The summed E-state index contributed by atoms with van der Waals surface area (Å²) >= 11 is 8.15. The Bertz CT molecular complexity index is 1140. The van der Waals surface area contributed by atoms with Crippen molar-refractivity contribution in [3.05, 3.63) is 127 Å². The number of amides is 1. The van der Waals surface area contributed by atoms with E-state index in [0.717, 1.165) is 21.5 Å². The predicted octanol–water partition coefficient (Wildman–Crippen LogP) is 5.82. The molecular formula is C28H25ClNO2P. The molecule has 1 atom stereocenters. The monoisotopic (exact) mass is 473 g/mol. The molecule has 166 valence electrons. The fourth-order valence-corrected chi connectivity index (χ4v) is 10.8. The number of carbonyl (C=O) groups is 1. The van der Waals surface area contributed by atoms with E-state index in [4.69, 9.17) is 16.0 Å². The van der Waals surface area contributed by atoms with Crippen LogP contribution in [0, 0.1) is 0 Å². The third-order valence-electron chi connectivity index (χ3n) is 6.46. The van der Waals surface area contributed by atoms with E-state index < -0.39 is 5.96 Å². The first kappa shape index (κ1) is 21.7. The Morgan fingerprint density at radius 1 is 0.697 bits per heavy atom. The van der Waals surface area contributed by atoms with Crippen molar-refractivity contribution in [3.8, 4) is 0 Å². The number of benzene rings is 4. The van der Waals surface area contributed by atoms with Crippen LogP contribution in [-0.2, 0) is 4.74 Å². The number of ether oxygens (including phenoxy) is 1. The molecule has 1 saturated heterocycles. The second kappa shape index (κ2) is 8.67. The van der Waals surface area contributed by atoms with E-state index in [-0.39, 0.29) is 12.1 Å². The number of hydrogen-bond acceptors (Lipinski definition) is 2. The van der Waals surface area contributed by atoms with Crippen LogP contribution >= 0.6 is 17.2 Å². The minimum absolute atomic E-state index is 0.199. The third-order valence-corrected chi connectivity index (χ3v) is 13.5. The zero-order valence-corrected chi connectivity index (χ0v) is 19.8. The molecule has 4 aromatic rings. The van der Waals surface area contributed by atoms with Crippen LogP contribution in [-0.4, -0.2) is 23.9 Å². The molecule has 5 heteroatoms. The average Bonchev–Trinajstić information content (AvgIpc) is 3.25. The topological polar surface area (TPSA) is 29.5 Å². The summed E-state index contributed by atoms with van der Waals surface area (Å²) in [5.74, 6) is -3.63. The molecule has 1 aliphatic heterocycles. The summed E-state index contributed by atoms with van der Waals surface area (Å²) in [6.45, 7) is 0.310. The van der Waals surface area contributed by atoms with E-state index >= 15 is 0 Å². The van der Waals surface area contributed by atoms with E-state index in [1.807, 2.05) is 89.8 Å². The van der Waals surface area contributed by atoms with Gasteiger partial charge in [-0.15, -0.1) is 0 Å². The molecule has 0 bridgehead atoms. The number of carbonyl (C=O) groups excluding carboxylic acids is 1. The summed E-state index contributed by atoms with van der Waals surface area (Å²) in [5.41, 5.74) is 1.04. The zero-order chi connectivity index (χ0) is 22.8. The van der Waals surface area contributed by atoms with Gasteiger partial charge in [0, 0.05) is 0 Å². The normalized spacial score (nSPS) is 17.2. The van der Waals surface area contributed by atoms with Gasteiger partial charge in [-0.25, -0.2) is 0 Å². The van der Waals surface area contributed by atoms with E-state index in [9.17, 15) is 4.79 Å². The number of rotatable bonds is 6. The molecule has 0 aromatic heterocycles. The Morgan fingerprint density at radius 3 is 1.52 bits per heavy atom. The van der Waals surface area contributed by atoms with Crippen LogP contribution in [0.4, 0.5) is 4.79 Å². The second-order valence-electron chi connectivity index (χ2n) is 8.30. The molecule has 4 aromatic carbocycles. The van der Waals surface area contributed by atoms with Crippen LogP contribution in [0.15, 0.2) is 121 Å². The zero-order valence-electron chi connectivity index (χ0n) is 18.1. The van der Waals surface area contributed by atoms with E-state index in [2.05, 4.69) is 36.4 Å². The van der Waals surface area contributed by atoms with Crippen molar-refractivity contribution in [1.29, 1.82) is 0 Å². The molecule has 1 fully saturated rings. The summed E-state index contributed by atoms with van der Waals surface area (Å²) < 4.78 is 5.58. The Morgan fingerprint density at radius 2 is 1.09 bits per heavy atom. The van der Waals surface area contributed by atoms with Gasteiger partial charge in [0.2, 0.25) is 0 Å². The second-order valence-corrected chi connectivity index (χ2v) is 14.7. The van der Waals surface area contributed by atoms with Crippen molar-refractivity contribution < 1.29 is 9.53 Å². The molecule has 0 unspecified atom stereocenters. The van der Waals surface area contributed by atoms with Crippen molar-refractivity contribution in [2.24, 2.45) is 0 Å². The molecule has 33 heavy (non-hydrogen) atoms. The van der Waals surface area contributed by atoms with E-state index in [1.165, 1.54) is 0 Å². The molecule has 0 saturated carbocycles. The first-order valence-electron chi connectivity index (χ1n) is 11.0. The third kappa shape index (κ3) is 3.62. The van der Waals surface area contributed by atoms with Gasteiger partial charge < -0.3 is 0 Å². The summed E-state index contributed by atoms with van der Waals surface area (Å²) in [7, 11) is 0. The summed E-state index contributed by atoms with van der Waals surface area (Å²) in [6.07, 6.45) is 0.00476. The van der Waals surface area contributed by atoms with Crippen molar-refractivity contribution in [2.45, 2.75) is 6.04 Å². The quantitative estimate of drug-likeness (QED) is 0.330. The average molecular weight is 474 g/mol. The fraction of sp³-hybridized carbons (Fsp3) is 0.107. The van der Waals surface area contributed by atoms with Crippen LogP contribution in [0.3, 0.4) is 0 Å². The summed E-state index contributed by atoms with van der Waals surface area (Å²) in [6, 6.07) is 40.4. The Hall–Kier alpha value is -3.13. The van der Waals surface area contributed by atoms with Crippen molar-refractivity contribution in [2.75, 3.05) is 12.9 Å². The Kier molecular flexibility index (Phi) is 5.70. The Balaban J connectivity index is 1.77. The van der Waals surface area contributed by atoms with Gasteiger partial charge in [-0.3, -0.25) is 0 Å². The molecular weight excluding hydrogens is 449 g/mol. The number of nitrogens with zero attached hydrogens (tertiary/aromatic N) is 1. The van der Waals surface area contributed by atoms with E-state index in [0.29, 0.717) is 12.9 Å². The minimum atomic E-state index is -3.63. The van der Waals surface area contributed by atoms with Crippen LogP contribution in [0.2, 0.25) is 0 Å². The van der Waals surface area contributed by atoms with Gasteiger partial charge in [-0.1, -0.05) is 0 Å². The number of halogens is 1. The number of hydrogen-bond donors (Lipinski definition) is 0. The maximum atomic E-state index is 13.1. The van der Waals surface area contributed by atoms with Gasteiger partial charge in [0.05, 0.1) is 0 Å². The Labute approximate surface area is 199 Å². The predicted molar refractivity (Wildman–Crippen MR) is 138 cm³/mol. The van der Waals surface area contributed by atoms with Gasteiger partial charge in [-0.05, 0) is 0 Å². The van der Waals surface area contributed by atoms with Crippen LogP contribution in [0.25, 0.3) is 0 Å². The van der Waals surface area contributed by atoms with Crippen LogP contribution in [0.5, 0.6) is 0 Å². The van der Waals surface area contributed by atoms with Crippen molar-refractivity contribution >= 4 is 39.2 Å². The maximum absolute atomic E-state index is 13.1. The fourth-order valence-electron chi connectivity index (χ4n) is 4.75. The molecule has 0 N–H and O–H groups in total. The van der Waals surface area contributed by atoms with Gasteiger partial charge in [0.15, 0.2) is 0 Å².